The normalized spacial score (nSPS) is 12.2. The molecule has 16 heteroatoms. The monoisotopic (exact) mass is 596 g/mol. The molecule has 0 N–H and O–H groups in total. The van der Waals surface area contributed by atoms with Crippen LogP contribution in [0.5, 0.6) is 0 Å². The van der Waals surface area contributed by atoms with Crippen LogP contribution in [0.3, 0.4) is 0 Å². The zero-order chi connectivity index (χ0) is 29.4. The number of tetrazole rings is 1. The number of halogens is 5. The number of aromatic nitrogens is 10. The van der Waals surface area contributed by atoms with E-state index in [-0.39, 0.29) is 44.4 Å². The van der Waals surface area contributed by atoms with Gasteiger partial charge >= 0.3 is 6.55 Å². The summed E-state index contributed by atoms with van der Waals surface area (Å²) < 4.78 is 58.1. The topological polar surface area (TPSA) is 119 Å². The quantitative estimate of drug-likeness (QED) is 0.143. The highest BCUT2D eigenvalue weighted by molar-refractivity contribution is 6.31. The minimum Gasteiger partial charge on any atom is -0.618 e. The van der Waals surface area contributed by atoms with Crippen LogP contribution in [0.2, 0.25) is 5.02 Å². The Bertz CT molecular complexity index is 1860. The summed E-state index contributed by atoms with van der Waals surface area (Å²) in [6.45, 7) is -2.91. The average Bonchev–Trinajstić information content (AvgIpc) is 3.76. The first kappa shape index (κ1) is 27.0. The Labute approximate surface area is 238 Å². The predicted octanol–water partition coefficient (Wildman–Crippen LogP) is 4.58. The lowest BCUT2D eigenvalue weighted by atomic mass is 10.00. The van der Waals surface area contributed by atoms with Crippen molar-refractivity contribution in [3.05, 3.63) is 113 Å². The van der Waals surface area contributed by atoms with Crippen molar-refractivity contribution in [2.45, 2.75) is 19.0 Å². The number of hydrogen-bond acceptors (Lipinski definition) is 7. The zero-order valence-corrected chi connectivity index (χ0v) is 21.9. The maximum atomic E-state index is 15.3. The van der Waals surface area contributed by atoms with Gasteiger partial charge in [0.2, 0.25) is 5.69 Å². The van der Waals surface area contributed by atoms with Crippen molar-refractivity contribution >= 4 is 11.6 Å². The minimum absolute atomic E-state index is 0.00419. The SMILES string of the molecule is [O-][n+]1cc(-c2c(-n3cnnn3)ccc(Cl)c2F)ccc1[C@@H](Cc1ccc(F)cc1)n1cc(-c2cnn(C(F)F)n2)cn1. The third kappa shape index (κ3) is 5.16. The number of rotatable bonds is 8. The fourth-order valence-corrected chi connectivity index (χ4v) is 4.65. The maximum absolute atomic E-state index is 15.3. The van der Waals surface area contributed by atoms with E-state index in [1.54, 1.807) is 18.2 Å². The summed E-state index contributed by atoms with van der Waals surface area (Å²) in [6.07, 6.45) is 6.78. The second-order valence-electron chi connectivity index (χ2n) is 9.06. The molecule has 0 aliphatic heterocycles. The molecule has 6 aromatic rings. The van der Waals surface area contributed by atoms with Gasteiger partial charge in [-0.25, -0.2) is 8.78 Å². The summed E-state index contributed by atoms with van der Waals surface area (Å²) in [4.78, 5) is 0.269. The van der Waals surface area contributed by atoms with Gasteiger partial charge in [0.15, 0.2) is 12.0 Å². The van der Waals surface area contributed by atoms with E-state index in [0.29, 0.717) is 15.9 Å². The van der Waals surface area contributed by atoms with Crippen molar-refractivity contribution in [1.29, 1.82) is 0 Å². The van der Waals surface area contributed by atoms with E-state index in [4.69, 9.17) is 11.6 Å². The molecule has 0 spiro atoms. The summed E-state index contributed by atoms with van der Waals surface area (Å²) in [5.41, 5.74) is 1.89. The molecular weight excluding hydrogens is 580 g/mol. The molecule has 11 nitrogen and oxygen atoms in total. The van der Waals surface area contributed by atoms with Gasteiger partial charge in [0, 0.05) is 24.2 Å². The van der Waals surface area contributed by atoms with Crippen molar-refractivity contribution in [3.63, 3.8) is 0 Å². The Morgan fingerprint density at radius 3 is 2.45 bits per heavy atom. The molecule has 0 fully saturated rings. The lowest BCUT2D eigenvalue weighted by Crippen LogP contribution is -2.36. The number of benzene rings is 2. The summed E-state index contributed by atoms with van der Waals surface area (Å²) >= 11 is 6.06. The lowest BCUT2D eigenvalue weighted by Gasteiger charge is -2.18. The highest BCUT2D eigenvalue weighted by Gasteiger charge is 2.27. The Kier molecular flexibility index (Phi) is 7.08. The van der Waals surface area contributed by atoms with Gasteiger partial charge in [-0.15, -0.1) is 15.0 Å². The molecule has 212 valence electrons. The molecule has 0 saturated heterocycles. The molecule has 0 bridgehead atoms. The second kappa shape index (κ2) is 11.0. The third-order valence-corrected chi connectivity index (χ3v) is 6.78. The molecule has 0 aliphatic carbocycles. The van der Waals surface area contributed by atoms with E-state index in [1.165, 1.54) is 70.8 Å². The van der Waals surface area contributed by atoms with Gasteiger partial charge < -0.3 is 5.21 Å². The molecule has 4 heterocycles. The molecule has 0 unspecified atom stereocenters. The van der Waals surface area contributed by atoms with Crippen LogP contribution in [0, 0.1) is 16.8 Å². The summed E-state index contributed by atoms with van der Waals surface area (Å²) in [5.74, 6) is -1.20. The van der Waals surface area contributed by atoms with Crippen molar-refractivity contribution in [3.8, 4) is 28.1 Å². The summed E-state index contributed by atoms with van der Waals surface area (Å²) in [5, 5.41) is 36.0. The molecule has 2 aromatic carbocycles. The Balaban J connectivity index is 1.42. The number of pyridine rings is 1. The zero-order valence-electron chi connectivity index (χ0n) is 21.1. The first-order chi connectivity index (χ1) is 20.3. The van der Waals surface area contributed by atoms with Crippen molar-refractivity contribution in [2.75, 3.05) is 0 Å². The van der Waals surface area contributed by atoms with Crippen LogP contribution in [0.4, 0.5) is 17.6 Å². The Morgan fingerprint density at radius 2 is 1.76 bits per heavy atom. The lowest BCUT2D eigenvalue weighted by molar-refractivity contribution is -0.615. The van der Waals surface area contributed by atoms with Crippen molar-refractivity contribution < 1.29 is 22.3 Å². The fraction of sp³-hybridized carbons (Fsp3) is 0.115. The first-order valence-corrected chi connectivity index (χ1v) is 12.6. The molecular formula is C26H17ClF4N10O. The van der Waals surface area contributed by atoms with Gasteiger partial charge in [-0.2, -0.15) is 28.4 Å². The first-order valence-electron chi connectivity index (χ1n) is 12.2. The molecule has 4 aromatic heterocycles. The smallest absolute Gasteiger partial charge is 0.348 e. The molecule has 0 amide bonds. The van der Waals surface area contributed by atoms with Crippen LogP contribution in [0.1, 0.15) is 23.8 Å². The van der Waals surface area contributed by atoms with Gasteiger partial charge in [-0.3, -0.25) is 4.68 Å². The van der Waals surface area contributed by atoms with E-state index in [2.05, 4.69) is 30.8 Å². The van der Waals surface area contributed by atoms with Gasteiger partial charge in [0.25, 0.3) is 0 Å². The minimum atomic E-state index is -2.91. The van der Waals surface area contributed by atoms with Crippen molar-refractivity contribution in [2.24, 2.45) is 0 Å². The predicted molar refractivity (Wildman–Crippen MR) is 139 cm³/mol. The number of nitrogens with zero attached hydrogens (tertiary/aromatic N) is 10. The fourth-order valence-electron chi connectivity index (χ4n) is 4.50. The van der Waals surface area contributed by atoms with Crippen LogP contribution in [0.25, 0.3) is 28.1 Å². The molecule has 0 saturated carbocycles. The molecule has 42 heavy (non-hydrogen) atoms. The van der Waals surface area contributed by atoms with Crippen LogP contribution in [-0.2, 0) is 6.42 Å². The number of alkyl halides is 2. The standard InChI is InChI=1S/C26H17ClF4N10O/c27-19-6-8-22(39-14-32-36-37-39)24(25(19)29)16-3-7-21(40(42)13-16)23(9-15-1-4-18(28)5-2-15)38-12-17(10-33-38)20-11-34-41(35-20)26(30)31/h1-8,10-14,23,26H,9H2/t23-/m1/s1. The molecule has 1 atom stereocenters. The largest absolute Gasteiger partial charge is 0.618 e. The Hall–Kier alpha value is -5.18. The highest BCUT2D eigenvalue weighted by Crippen LogP contribution is 2.33. The highest BCUT2D eigenvalue weighted by atomic mass is 35.5. The summed E-state index contributed by atoms with van der Waals surface area (Å²) in [7, 11) is 0. The van der Waals surface area contributed by atoms with Crippen LogP contribution in [-0.4, -0.2) is 45.0 Å². The van der Waals surface area contributed by atoms with Crippen molar-refractivity contribution in [1.82, 2.24) is 45.0 Å². The van der Waals surface area contributed by atoms with Crippen LogP contribution in [0.15, 0.2) is 79.6 Å². The van der Waals surface area contributed by atoms with Gasteiger partial charge in [-0.1, -0.05) is 23.7 Å². The molecule has 0 aliphatic rings. The van der Waals surface area contributed by atoms with E-state index in [1.807, 2.05) is 0 Å². The second-order valence-corrected chi connectivity index (χ2v) is 9.47. The van der Waals surface area contributed by atoms with Gasteiger partial charge in [-0.05, 0) is 46.3 Å². The molecule has 6 rings (SSSR count). The van der Waals surface area contributed by atoms with E-state index >= 15 is 4.39 Å². The third-order valence-electron chi connectivity index (χ3n) is 6.49. The van der Waals surface area contributed by atoms with E-state index in [9.17, 15) is 18.4 Å². The average molecular weight is 597 g/mol. The number of hydrogen-bond donors (Lipinski definition) is 0. The molecule has 0 radical (unpaired) electrons. The van der Waals surface area contributed by atoms with Crippen LogP contribution < -0.4 is 4.73 Å². The van der Waals surface area contributed by atoms with E-state index in [0.717, 1.165) is 0 Å². The Morgan fingerprint density at radius 1 is 0.952 bits per heavy atom. The summed E-state index contributed by atoms with van der Waals surface area (Å²) in [6, 6.07) is 10.9. The van der Waals surface area contributed by atoms with Gasteiger partial charge in [0.1, 0.15) is 23.9 Å². The van der Waals surface area contributed by atoms with Crippen LogP contribution >= 0.6 is 11.6 Å². The maximum Gasteiger partial charge on any atom is 0.348 e. The van der Waals surface area contributed by atoms with E-state index < -0.39 is 24.2 Å². The van der Waals surface area contributed by atoms with Gasteiger partial charge in [0.05, 0.1) is 34.2 Å².